The molecule has 2 aliphatic rings. The Labute approximate surface area is 172 Å². The van der Waals surface area contributed by atoms with Crippen LogP contribution >= 0.6 is 0 Å². The Morgan fingerprint density at radius 3 is 2.28 bits per heavy atom. The van der Waals surface area contributed by atoms with E-state index in [1.165, 1.54) is 6.08 Å². The van der Waals surface area contributed by atoms with Crippen molar-refractivity contribution in [3.63, 3.8) is 0 Å². The number of benzene rings is 1. The second-order valence-electron chi connectivity index (χ2n) is 8.31. The highest BCUT2D eigenvalue weighted by molar-refractivity contribution is 5.90. The third kappa shape index (κ3) is 4.69. The van der Waals surface area contributed by atoms with Crippen LogP contribution in [0.15, 0.2) is 43.0 Å². The van der Waals surface area contributed by atoms with E-state index in [0.717, 1.165) is 31.2 Å². The van der Waals surface area contributed by atoms with E-state index < -0.39 is 5.41 Å². The molecule has 0 radical (unpaired) electrons. The number of rotatable bonds is 6. The van der Waals surface area contributed by atoms with Crippen LogP contribution in [0.2, 0.25) is 0 Å². The van der Waals surface area contributed by atoms with Crippen LogP contribution in [0.3, 0.4) is 0 Å². The minimum atomic E-state index is -0.621. The first-order chi connectivity index (χ1) is 14.0. The quantitative estimate of drug-likeness (QED) is 0.721. The number of nitrogens with two attached hydrogens (primary N) is 1. The van der Waals surface area contributed by atoms with Crippen molar-refractivity contribution in [1.29, 1.82) is 0 Å². The molecule has 1 saturated heterocycles. The summed E-state index contributed by atoms with van der Waals surface area (Å²) in [7, 11) is 0. The first-order valence-electron chi connectivity index (χ1n) is 10.5. The number of hydrogen-bond donors (Lipinski definition) is 2. The van der Waals surface area contributed by atoms with Crippen molar-refractivity contribution in [1.82, 2.24) is 10.2 Å². The molecule has 0 spiro atoms. The van der Waals surface area contributed by atoms with Crippen LogP contribution in [0, 0.1) is 11.8 Å². The molecule has 1 saturated carbocycles. The van der Waals surface area contributed by atoms with Crippen LogP contribution in [-0.2, 0) is 19.8 Å². The van der Waals surface area contributed by atoms with E-state index in [4.69, 9.17) is 5.73 Å². The Kier molecular flexibility index (Phi) is 6.72. The summed E-state index contributed by atoms with van der Waals surface area (Å²) in [6, 6.07) is 9.86. The molecule has 156 valence electrons. The second kappa shape index (κ2) is 9.25. The highest BCUT2D eigenvalue weighted by atomic mass is 16.2. The first-order valence-corrected chi connectivity index (χ1v) is 10.5. The lowest BCUT2D eigenvalue weighted by molar-refractivity contribution is -0.134. The van der Waals surface area contributed by atoms with E-state index in [1.807, 2.05) is 30.3 Å². The molecular formula is C23H31N3O3. The number of carbonyl (C=O) groups is 3. The minimum absolute atomic E-state index is 0.0238. The number of nitrogens with one attached hydrogen (secondary N) is 1. The Morgan fingerprint density at radius 2 is 1.72 bits per heavy atom. The van der Waals surface area contributed by atoms with Gasteiger partial charge in [-0.1, -0.05) is 36.9 Å². The van der Waals surface area contributed by atoms with Crippen molar-refractivity contribution in [3.8, 4) is 0 Å². The molecule has 6 nitrogen and oxygen atoms in total. The summed E-state index contributed by atoms with van der Waals surface area (Å²) in [6.45, 7) is 5.26. The average molecular weight is 398 g/mol. The lowest BCUT2D eigenvalue weighted by Gasteiger charge is -2.41. The first kappa shape index (κ1) is 21.1. The van der Waals surface area contributed by atoms with Gasteiger partial charge < -0.3 is 16.0 Å². The van der Waals surface area contributed by atoms with Crippen molar-refractivity contribution in [2.45, 2.75) is 43.9 Å². The maximum atomic E-state index is 13.4. The van der Waals surface area contributed by atoms with Crippen LogP contribution in [0.25, 0.3) is 0 Å². The number of primary amides is 1. The number of hydrogen-bond acceptors (Lipinski definition) is 3. The van der Waals surface area contributed by atoms with Crippen LogP contribution < -0.4 is 11.1 Å². The molecule has 0 atom stereocenters. The smallest absolute Gasteiger partial charge is 0.245 e. The predicted octanol–water partition coefficient (Wildman–Crippen LogP) is 2.14. The fourth-order valence-corrected chi connectivity index (χ4v) is 4.70. The molecule has 0 bridgehead atoms. The Bertz CT molecular complexity index is 746. The van der Waals surface area contributed by atoms with E-state index >= 15 is 0 Å². The molecule has 1 aliphatic heterocycles. The number of carbonyl (C=O) groups excluding carboxylic acids is 3. The summed E-state index contributed by atoms with van der Waals surface area (Å²) in [5.41, 5.74) is 5.79. The maximum Gasteiger partial charge on any atom is 0.245 e. The highest BCUT2D eigenvalue weighted by Crippen LogP contribution is 2.36. The molecule has 6 heteroatoms. The predicted molar refractivity (Wildman–Crippen MR) is 112 cm³/mol. The van der Waals surface area contributed by atoms with Gasteiger partial charge in [-0.05, 0) is 56.1 Å². The Hall–Kier alpha value is -2.63. The zero-order valence-corrected chi connectivity index (χ0v) is 16.9. The molecular weight excluding hydrogens is 366 g/mol. The summed E-state index contributed by atoms with van der Waals surface area (Å²) in [5, 5.41) is 3.18. The van der Waals surface area contributed by atoms with Crippen molar-refractivity contribution in [2.75, 3.05) is 19.6 Å². The van der Waals surface area contributed by atoms with Crippen molar-refractivity contribution in [3.05, 3.63) is 48.6 Å². The molecule has 3 N–H and O–H groups in total. The maximum absolute atomic E-state index is 13.4. The van der Waals surface area contributed by atoms with Crippen molar-refractivity contribution < 1.29 is 14.4 Å². The molecule has 0 unspecified atom stereocenters. The number of amides is 3. The van der Waals surface area contributed by atoms with Gasteiger partial charge in [0, 0.05) is 25.6 Å². The van der Waals surface area contributed by atoms with Gasteiger partial charge in [-0.15, -0.1) is 0 Å². The van der Waals surface area contributed by atoms with Gasteiger partial charge in [0.25, 0.3) is 0 Å². The van der Waals surface area contributed by atoms with Gasteiger partial charge in [0.15, 0.2) is 0 Å². The van der Waals surface area contributed by atoms with E-state index in [9.17, 15) is 14.4 Å². The van der Waals surface area contributed by atoms with Gasteiger partial charge >= 0.3 is 0 Å². The van der Waals surface area contributed by atoms with Crippen molar-refractivity contribution >= 4 is 17.7 Å². The van der Waals surface area contributed by atoms with Gasteiger partial charge in [-0.3, -0.25) is 14.4 Å². The van der Waals surface area contributed by atoms with Crippen LogP contribution in [-0.4, -0.2) is 42.3 Å². The topological polar surface area (TPSA) is 92.5 Å². The van der Waals surface area contributed by atoms with Gasteiger partial charge in [0.1, 0.15) is 0 Å². The SMILES string of the molecule is C=CC(=O)N1CCC(C(=O)NCC2CCC(C(N)=O)CC2)(c2ccccc2)CC1. The zero-order chi connectivity index (χ0) is 20.9. The molecule has 3 rings (SSSR count). The van der Waals surface area contributed by atoms with E-state index in [-0.39, 0.29) is 23.6 Å². The Morgan fingerprint density at radius 1 is 1.10 bits per heavy atom. The van der Waals surface area contributed by atoms with Gasteiger partial charge in [0.05, 0.1) is 5.41 Å². The summed E-state index contributed by atoms with van der Waals surface area (Å²) < 4.78 is 0. The average Bonchev–Trinajstić information content (AvgIpc) is 2.77. The van der Waals surface area contributed by atoms with Gasteiger partial charge in [-0.25, -0.2) is 0 Å². The fraction of sp³-hybridized carbons (Fsp3) is 0.522. The lowest BCUT2D eigenvalue weighted by Crippen LogP contribution is -2.53. The molecule has 1 aliphatic carbocycles. The van der Waals surface area contributed by atoms with E-state index in [2.05, 4.69) is 11.9 Å². The van der Waals surface area contributed by atoms with Crippen LogP contribution in [0.1, 0.15) is 44.1 Å². The zero-order valence-electron chi connectivity index (χ0n) is 16.9. The number of likely N-dealkylation sites (tertiary alicyclic amines) is 1. The minimum Gasteiger partial charge on any atom is -0.369 e. The van der Waals surface area contributed by atoms with Crippen molar-refractivity contribution in [2.24, 2.45) is 17.6 Å². The summed E-state index contributed by atoms with van der Waals surface area (Å²) in [6.07, 6.45) is 5.95. The standard InChI is InChI=1S/C23H31N3O3/c1-2-20(27)26-14-12-23(13-15-26,19-6-4-3-5-7-19)22(29)25-16-17-8-10-18(11-9-17)21(24)28/h2-7,17-18H,1,8-16H2,(H2,24,28)(H,25,29). The summed E-state index contributed by atoms with van der Waals surface area (Å²) in [4.78, 5) is 38.4. The Balaban J connectivity index is 1.66. The largest absolute Gasteiger partial charge is 0.369 e. The number of nitrogens with zero attached hydrogens (tertiary/aromatic N) is 1. The molecule has 29 heavy (non-hydrogen) atoms. The molecule has 1 aromatic carbocycles. The lowest BCUT2D eigenvalue weighted by atomic mass is 9.71. The van der Waals surface area contributed by atoms with Gasteiger partial charge in [-0.2, -0.15) is 0 Å². The monoisotopic (exact) mass is 397 g/mol. The second-order valence-corrected chi connectivity index (χ2v) is 8.31. The highest BCUT2D eigenvalue weighted by Gasteiger charge is 2.43. The molecule has 3 amide bonds. The third-order valence-corrected chi connectivity index (χ3v) is 6.66. The number of piperidine rings is 1. The third-order valence-electron chi connectivity index (χ3n) is 6.66. The van der Waals surface area contributed by atoms with Crippen LogP contribution in [0.5, 0.6) is 0 Å². The molecule has 0 aromatic heterocycles. The van der Waals surface area contributed by atoms with E-state index in [1.54, 1.807) is 4.90 Å². The molecule has 1 aromatic rings. The van der Waals surface area contributed by atoms with Gasteiger partial charge in [0.2, 0.25) is 17.7 Å². The molecule has 2 fully saturated rings. The summed E-state index contributed by atoms with van der Waals surface area (Å²) >= 11 is 0. The fourth-order valence-electron chi connectivity index (χ4n) is 4.70. The van der Waals surface area contributed by atoms with E-state index in [0.29, 0.717) is 38.4 Å². The molecule has 1 heterocycles. The normalized spacial score (nSPS) is 23.8. The van der Waals surface area contributed by atoms with Crippen LogP contribution in [0.4, 0.5) is 0 Å². The summed E-state index contributed by atoms with van der Waals surface area (Å²) in [5.74, 6) is 0.0928.